The Kier molecular flexibility index (Phi) is 2.21. The first-order valence-corrected chi connectivity index (χ1v) is 3.47. The van der Waals surface area contributed by atoms with E-state index >= 15 is 0 Å². The second kappa shape index (κ2) is 3.14. The molecule has 0 radical (unpaired) electrons. The first-order chi connectivity index (χ1) is 5.24. The van der Waals surface area contributed by atoms with Gasteiger partial charge in [-0.3, -0.25) is 10.1 Å². The Balaban J connectivity index is 2.91. The first kappa shape index (κ1) is 7.72. The van der Waals surface area contributed by atoms with Crippen molar-refractivity contribution >= 4 is 5.69 Å². The van der Waals surface area contributed by atoms with Crippen LogP contribution in [0.4, 0.5) is 5.69 Å². The largest absolute Gasteiger partial charge is 0.269 e. The van der Waals surface area contributed by atoms with Gasteiger partial charge in [-0.05, 0) is 12.0 Å². The van der Waals surface area contributed by atoms with Crippen molar-refractivity contribution in [3.63, 3.8) is 0 Å². The van der Waals surface area contributed by atoms with E-state index in [2.05, 4.69) is 0 Å². The Morgan fingerprint density at radius 3 is 2.27 bits per heavy atom. The fourth-order valence-electron chi connectivity index (χ4n) is 0.853. The molecule has 0 saturated carbocycles. The molecule has 0 bridgehead atoms. The highest BCUT2D eigenvalue weighted by Gasteiger charge is 2.01. The second-order valence-electron chi connectivity index (χ2n) is 2.28. The van der Waals surface area contributed by atoms with Gasteiger partial charge < -0.3 is 0 Å². The van der Waals surface area contributed by atoms with Gasteiger partial charge in [-0.1, -0.05) is 19.1 Å². The molecule has 0 aliphatic heterocycles. The molecule has 0 heterocycles. The molecule has 0 aliphatic rings. The lowest BCUT2D eigenvalue weighted by Crippen LogP contribution is -1.87. The number of non-ortho nitro benzene ring substituents is 1. The van der Waals surface area contributed by atoms with E-state index in [0.717, 1.165) is 12.0 Å². The summed E-state index contributed by atoms with van der Waals surface area (Å²) >= 11 is 0. The number of nitrogens with zero attached hydrogens (tertiary/aromatic N) is 1. The van der Waals surface area contributed by atoms with Crippen molar-refractivity contribution in [1.82, 2.24) is 0 Å². The predicted molar refractivity (Wildman–Crippen MR) is 42.5 cm³/mol. The molecule has 3 heteroatoms. The van der Waals surface area contributed by atoms with Gasteiger partial charge in [0.15, 0.2) is 0 Å². The molecular weight excluding hydrogens is 142 g/mol. The van der Waals surface area contributed by atoms with Gasteiger partial charge in [-0.15, -0.1) is 0 Å². The summed E-state index contributed by atoms with van der Waals surface area (Å²) in [4.78, 5) is 9.82. The molecule has 0 amide bonds. The van der Waals surface area contributed by atoms with E-state index in [9.17, 15) is 10.1 Å². The molecule has 1 aromatic carbocycles. The number of rotatable bonds is 2. The molecule has 0 atom stereocenters. The fraction of sp³-hybridized carbons (Fsp3) is 0.250. The van der Waals surface area contributed by atoms with E-state index in [1.807, 2.05) is 6.92 Å². The van der Waals surface area contributed by atoms with Crippen molar-refractivity contribution in [2.45, 2.75) is 13.3 Å². The Morgan fingerprint density at radius 2 is 1.91 bits per heavy atom. The van der Waals surface area contributed by atoms with Crippen molar-refractivity contribution in [1.29, 1.82) is 0 Å². The van der Waals surface area contributed by atoms with Crippen LogP contribution in [-0.2, 0) is 6.42 Å². The van der Waals surface area contributed by atoms with Gasteiger partial charge in [-0.2, -0.15) is 0 Å². The summed E-state index contributed by atoms with van der Waals surface area (Å²) in [6.45, 7) is 2.02. The predicted octanol–water partition coefficient (Wildman–Crippen LogP) is 2.16. The average Bonchev–Trinajstić information content (AvgIpc) is 2.05. The molecule has 1 rings (SSSR count). The van der Waals surface area contributed by atoms with Gasteiger partial charge in [0.05, 0.1) is 4.92 Å². The molecule has 0 saturated heterocycles. The Labute approximate surface area is 64.8 Å². The minimum Gasteiger partial charge on any atom is -0.258 e. The SMILES string of the molecule is CCc1ccc([N+](=O)[O-])cc1. The van der Waals surface area contributed by atoms with E-state index in [-0.39, 0.29) is 10.6 Å². The van der Waals surface area contributed by atoms with Crippen LogP contribution in [0.1, 0.15) is 12.5 Å². The summed E-state index contributed by atoms with van der Waals surface area (Å²) in [7, 11) is 0. The van der Waals surface area contributed by atoms with Crippen LogP contribution < -0.4 is 0 Å². The third kappa shape index (κ3) is 1.77. The average molecular weight is 151 g/mol. The standard InChI is InChI=1S/C8H9NO2/c1-2-7-3-5-8(6-4-7)9(10)11/h3-6H,2H2,1H3. The Morgan fingerprint density at radius 1 is 1.36 bits per heavy atom. The van der Waals surface area contributed by atoms with Crippen molar-refractivity contribution in [2.75, 3.05) is 0 Å². The maximum Gasteiger partial charge on any atom is 0.269 e. The summed E-state index contributed by atoms with van der Waals surface area (Å²) in [6, 6.07) is 6.61. The zero-order chi connectivity index (χ0) is 8.27. The normalized spacial score (nSPS) is 9.55. The fourth-order valence-corrected chi connectivity index (χ4v) is 0.853. The molecular formula is C8H9NO2. The lowest BCUT2D eigenvalue weighted by molar-refractivity contribution is -0.384. The highest BCUT2D eigenvalue weighted by Crippen LogP contribution is 2.11. The van der Waals surface area contributed by atoms with Crippen molar-refractivity contribution < 1.29 is 4.92 Å². The highest BCUT2D eigenvalue weighted by atomic mass is 16.6. The lowest BCUT2D eigenvalue weighted by Gasteiger charge is -1.93. The minimum atomic E-state index is -0.389. The first-order valence-electron chi connectivity index (χ1n) is 3.47. The van der Waals surface area contributed by atoms with E-state index < -0.39 is 0 Å². The molecule has 58 valence electrons. The van der Waals surface area contributed by atoms with Gasteiger partial charge in [0.1, 0.15) is 0 Å². The van der Waals surface area contributed by atoms with Crippen LogP contribution in [0.5, 0.6) is 0 Å². The molecule has 0 aromatic heterocycles. The minimum absolute atomic E-state index is 0.155. The number of nitro benzene ring substituents is 1. The zero-order valence-corrected chi connectivity index (χ0v) is 6.28. The van der Waals surface area contributed by atoms with Gasteiger partial charge in [-0.25, -0.2) is 0 Å². The zero-order valence-electron chi connectivity index (χ0n) is 6.28. The lowest BCUT2D eigenvalue weighted by atomic mass is 10.2. The van der Waals surface area contributed by atoms with Crippen LogP contribution in [0.15, 0.2) is 24.3 Å². The van der Waals surface area contributed by atoms with Crippen LogP contribution in [0, 0.1) is 10.1 Å². The Hall–Kier alpha value is -1.38. The van der Waals surface area contributed by atoms with Crippen molar-refractivity contribution in [2.24, 2.45) is 0 Å². The molecule has 1 aromatic rings. The molecule has 0 N–H and O–H groups in total. The van der Waals surface area contributed by atoms with Gasteiger partial charge >= 0.3 is 0 Å². The van der Waals surface area contributed by atoms with Gasteiger partial charge in [0.2, 0.25) is 0 Å². The van der Waals surface area contributed by atoms with E-state index in [1.165, 1.54) is 12.1 Å². The molecule has 11 heavy (non-hydrogen) atoms. The van der Waals surface area contributed by atoms with E-state index in [1.54, 1.807) is 12.1 Å². The Bertz CT molecular complexity index is 253. The second-order valence-corrected chi connectivity index (χ2v) is 2.28. The molecule has 3 nitrogen and oxygen atoms in total. The summed E-state index contributed by atoms with van der Waals surface area (Å²) in [5.41, 5.74) is 1.28. The molecule has 0 aliphatic carbocycles. The summed E-state index contributed by atoms with van der Waals surface area (Å²) in [6.07, 6.45) is 0.915. The summed E-state index contributed by atoms with van der Waals surface area (Å²) in [5, 5.41) is 10.2. The van der Waals surface area contributed by atoms with Gasteiger partial charge in [0.25, 0.3) is 5.69 Å². The quantitative estimate of drug-likeness (QED) is 0.480. The van der Waals surface area contributed by atoms with Crippen LogP contribution in [0.3, 0.4) is 0 Å². The molecule has 0 spiro atoms. The number of hydrogen-bond acceptors (Lipinski definition) is 2. The third-order valence-electron chi connectivity index (χ3n) is 1.56. The number of benzene rings is 1. The van der Waals surface area contributed by atoms with Gasteiger partial charge in [0, 0.05) is 12.1 Å². The van der Waals surface area contributed by atoms with E-state index in [0.29, 0.717) is 0 Å². The highest BCUT2D eigenvalue weighted by molar-refractivity contribution is 5.32. The van der Waals surface area contributed by atoms with Crippen LogP contribution in [0.25, 0.3) is 0 Å². The van der Waals surface area contributed by atoms with Crippen molar-refractivity contribution in [3.8, 4) is 0 Å². The summed E-state index contributed by atoms with van der Waals surface area (Å²) < 4.78 is 0. The van der Waals surface area contributed by atoms with Crippen LogP contribution in [-0.4, -0.2) is 4.92 Å². The third-order valence-corrected chi connectivity index (χ3v) is 1.56. The monoisotopic (exact) mass is 151 g/mol. The maximum absolute atomic E-state index is 10.2. The van der Waals surface area contributed by atoms with Crippen LogP contribution in [0.2, 0.25) is 0 Å². The maximum atomic E-state index is 10.2. The summed E-state index contributed by atoms with van der Waals surface area (Å²) in [5.74, 6) is 0. The molecule has 0 unspecified atom stereocenters. The smallest absolute Gasteiger partial charge is 0.258 e. The van der Waals surface area contributed by atoms with E-state index in [4.69, 9.17) is 0 Å². The topological polar surface area (TPSA) is 43.1 Å². The van der Waals surface area contributed by atoms with Crippen molar-refractivity contribution in [3.05, 3.63) is 39.9 Å². The number of nitro groups is 1. The molecule has 0 fully saturated rings. The van der Waals surface area contributed by atoms with Crippen LogP contribution >= 0.6 is 0 Å². The number of aryl methyl sites for hydroxylation is 1. The number of hydrogen-bond donors (Lipinski definition) is 0.